The fourth-order valence-corrected chi connectivity index (χ4v) is 3.45. The Hall–Kier alpha value is -3.41. The highest BCUT2D eigenvalue weighted by molar-refractivity contribution is 6.03. The van der Waals surface area contributed by atoms with Gasteiger partial charge in [-0.15, -0.1) is 0 Å². The number of hydrogen-bond donors (Lipinski definition) is 1. The smallest absolute Gasteiger partial charge is 0.327 e. The highest BCUT2D eigenvalue weighted by Crippen LogP contribution is 2.33. The van der Waals surface area contributed by atoms with Crippen LogP contribution in [-0.2, 0) is 0 Å². The van der Waals surface area contributed by atoms with Gasteiger partial charge in [0.2, 0.25) is 0 Å². The lowest BCUT2D eigenvalue weighted by atomic mass is 10.1. The molecule has 3 heterocycles. The third kappa shape index (κ3) is 3.67. The summed E-state index contributed by atoms with van der Waals surface area (Å²) in [6, 6.07) is 17.5. The normalized spacial score (nSPS) is 13.6. The quantitative estimate of drug-likeness (QED) is 0.739. The van der Waals surface area contributed by atoms with Crippen molar-refractivity contribution < 1.29 is 4.79 Å². The minimum absolute atomic E-state index is 0.178. The molecule has 6 heteroatoms. The number of benzene rings is 1. The van der Waals surface area contributed by atoms with E-state index in [4.69, 9.17) is 4.98 Å². The van der Waals surface area contributed by atoms with E-state index in [1.54, 1.807) is 29.4 Å². The molecule has 0 saturated carbocycles. The zero-order valence-electron chi connectivity index (χ0n) is 15.9. The van der Waals surface area contributed by atoms with E-state index in [0.717, 1.165) is 42.1 Å². The molecule has 0 unspecified atom stereocenters. The molecule has 1 aromatic carbocycles. The molecule has 0 fully saturated rings. The van der Waals surface area contributed by atoms with Crippen molar-refractivity contribution in [2.24, 2.45) is 0 Å². The number of aromatic nitrogens is 2. The van der Waals surface area contributed by atoms with Crippen molar-refractivity contribution in [1.82, 2.24) is 9.97 Å². The molecule has 2 amide bonds. The van der Waals surface area contributed by atoms with E-state index >= 15 is 0 Å². The van der Waals surface area contributed by atoms with Crippen LogP contribution in [0.1, 0.15) is 13.3 Å². The summed E-state index contributed by atoms with van der Waals surface area (Å²) >= 11 is 0. The Labute approximate surface area is 164 Å². The molecule has 0 atom stereocenters. The molecule has 0 saturated heterocycles. The first-order valence-corrected chi connectivity index (χ1v) is 9.56. The van der Waals surface area contributed by atoms with Crippen LogP contribution in [0.3, 0.4) is 0 Å². The average molecular weight is 373 g/mol. The maximum absolute atomic E-state index is 13.1. The number of pyridine rings is 2. The topological polar surface area (TPSA) is 61.4 Å². The van der Waals surface area contributed by atoms with Gasteiger partial charge < -0.3 is 10.2 Å². The van der Waals surface area contributed by atoms with Gasteiger partial charge in [-0.05, 0) is 37.6 Å². The van der Waals surface area contributed by atoms with Crippen LogP contribution in [0.2, 0.25) is 0 Å². The van der Waals surface area contributed by atoms with Gasteiger partial charge in [0.25, 0.3) is 0 Å². The van der Waals surface area contributed by atoms with Crippen LogP contribution in [0.5, 0.6) is 0 Å². The van der Waals surface area contributed by atoms with Crippen LogP contribution in [0.15, 0.2) is 67.0 Å². The number of amides is 2. The zero-order chi connectivity index (χ0) is 19.3. The van der Waals surface area contributed by atoms with Crippen molar-refractivity contribution in [3.63, 3.8) is 0 Å². The number of urea groups is 1. The van der Waals surface area contributed by atoms with E-state index in [2.05, 4.69) is 28.2 Å². The van der Waals surface area contributed by atoms with Crippen LogP contribution in [-0.4, -0.2) is 35.6 Å². The van der Waals surface area contributed by atoms with E-state index in [1.807, 2.05) is 36.4 Å². The maximum atomic E-state index is 13.1. The number of nitrogens with one attached hydrogen (secondary N) is 1. The first kappa shape index (κ1) is 18.0. The van der Waals surface area contributed by atoms with Gasteiger partial charge in [-0.1, -0.05) is 30.3 Å². The van der Waals surface area contributed by atoms with Crippen LogP contribution in [0, 0.1) is 0 Å². The molecule has 1 aliphatic heterocycles. The van der Waals surface area contributed by atoms with Crippen molar-refractivity contribution in [3.8, 4) is 11.3 Å². The van der Waals surface area contributed by atoms with E-state index in [1.165, 1.54) is 0 Å². The summed E-state index contributed by atoms with van der Waals surface area (Å²) in [4.78, 5) is 26.0. The molecule has 6 nitrogen and oxygen atoms in total. The molecule has 28 heavy (non-hydrogen) atoms. The number of nitrogens with zero attached hydrogens (tertiary/aromatic N) is 4. The minimum atomic E-state index is -0.178. The summed E-state index contributed by atoms with van der Waals surface area (Å²) in [6.07, 6.45) is 4.21. The first-order chi connectivity index (χ1) is 13.8. The Balaban J connectivity index is 1.73. The fraction of sp³-hybridized carbons (Fsp3) is 0.227. The highest BCUT2D eigenvalue weighted by Gasteiger charge is 2.26. The molecule has 1 aliphatic rings. The van der Waals surface area contributed by atoms with Crippen LogP contribution < -0.4 is 15.1 Å². The van der Waals surface area contributed by atoms with Crippen molar-refractivity contribution in [2.75, 3.05) is 34.8 Å². The van der Waals surface area contributed by atoms with Crippen molar-refractivity contribution in [1.29, 1.82) is 0 Å². The lowest BCUT2D eigenvalue weighted by Crippen LogP contribution is -2.36. The van der Waals surface area contributed by atoms with Gasteiger partial charge in [0, 0.05) is 43.3 Å². The minimum Gasteiger partial charge on any atom is -0.369 e. The highest BCUT2D eigenvalue weighted by atomic mass is 16.2. The van der Waals surface area contributed by atoms with E-state index in [0.29, 0.717) is 12.4 Å². The van der Waals surface area contributed by atoms with Crippen LogP contribution >= 0.6 is 0 Å². The molecule has 0 aliphatic carbocycles. The molecular weight excluding hydrogens is 350 g/mol. The summed E-state index contributed by atoms with van der Waals surface area (Å²) in [5, 5.41) is 2.96. The van der Waals surface area contributed by atoms with E-state index < -0.39 is 0 Å². The third-order valence-electron chi connectivity index (χ3n) is 4.89. The number of carbonyl (C=O) groups excluding carboxylic acids is 1. The number of anilines is 3. The predicted molar refractivity (Wildman–Crippen MR) is 113 cm³/mol. The van der Waals surface area contributed by atoms with E-state index in [-0.39, 0.29) is 6.03 Å². The zero-order valence-corrected chi connectivity index (χ0v) is 15.9. The summed E-state index contributed by atoms with van der Waals surface area (Å²) < 4.78 is 0. The Kier molecular flexibility index (Phi) is 5.19. The van der Waals surface area contributed by atoms with Gasteiger partial charge in [-0.3, -0.25) is 9.88 Å². The van der Waals surface area contributed by atoms with Crippen molar-refractivity contribution >= 4 is 23.2 Å². The van der Waals surface area contributed by atoms with E-state index in [9.17, 15) is 4.79 Å². The van der Waals surface area contributed by atoms with Gasteiger partial charge in [-0.25, -0.2) is 9.78 Å². The van der Waals surface area contributed by atoms with Gasteiger partial charge in [0.1, 0.15) is 0 Å². The molecular formula is C22H23N5O. The summed E-state index contributed by atoms with van der Waals surface area (Å²) in [7, 11) is 0. The first-order valence-electron chi connectivity index (χ1n) is 9.56. The van der Waals surface area contributed by atoms with Gasteiger partial charge in [0.15, 0.2) is 5.82 Å². The number of hydrogen-bond acceptors (Lipinski definition) is 4. The lowest BCUT2D eigenvalue weighted by Gasteiger charge is -2.25. The number of carbonyl (C=O) groups is 1. The maximum Gasteiger partial charge on any atom is 0.327 e. The second-order valence-electron chi connectivity index (χ2n) is 6.66. The van der Waals surface area contributed by atoms with Crippen LogP contribution in [0.25, 0.3) is 11.3 Å². The Morgan fingerprint density at radius 2 is 1.82 bits per heavy atom. The number of fused-ring (bicyclic) bond motifs is 1. The van der Waals surface area contributed by atoms with Gasteiger partial charge in [0.05, 0.1) is 11.4 Å². The molecule has 3 aromatic rings. The lowest BCUT2D eigenvalue weighted by molar-refractivity contribution is 0.257. The van der Waals surface area contributed by atoms with Crippen LogP contribution in [0.4, 0.5) is 22.0 Å². The SMILES string of the molecule is CCN1CCCN(C(=O)Nc2ccncc2)c2nc(-c3ccccc3)ccc21. The standard InChI is InChI=1S/C22H23N5O/c1-2-26-15-6-16-27(22(28)24-18-11-13-23-14-12-18)21-20(26)10-9-19(25-21)17-7-4-3-5-8-17/h3-5,7-14H,2,6,15-16H2,1H3,(H,23,24,28). The van der Waals surface area contributed by atoms with Crippen molar-refractivity contribution in [2.45, 2.75) is 13.3 Å². The monoisotopic (exact) mass is 373 g/mol. The largest absolute Gasteiger partial charge is 0.369 e. The fourth-order valence-electron chi connectivity index (χ4n) is 3.45. The second-order valence-corrected chi connectivity index (χ2v) is 6.66. The third-order valence-corrected chi connectivity index (χ3v) is 4.89. The molecule has 0 radical (unpaired) electrons. The van der Waals surface area contributed by atoms with Gasteiger partial charge >= 0.3 is 6.03 Å². The molecule has 142 valence electrons. The summed E-state index contributed by atoms with van der Waals surface area (Å²) in [5.74, 6) is 0.701. The molecule has 4 rings (SSSR count). The summed E-state index contributed by atoms with van der Waals surface area (Å²) in [6.45, 7) is 4.52. The Bertz CT molecular complexity index is 946. The summed E-state index contributed by atoms with van der Waals surface area (Å²) in [5.41, 5.74) is 3.60. The predicted octanol–water partition coefficient (Wildman–Crippen LogP) is 4.41. The van der Waals surface area contributed by atoms with Crippen molar-refractivity contribution in [3.05, 3.63) is 67.0 Å². The second kappa shape index (κ2) is 8.08. The Morgan fingerprint density at radius 1 is 1.04 bits per heavy atom. The average Bonchev–Trinajstić information content (AvgIpc) is 2.94. The molecule has 1 N–H and O–H groups in total. The molecule has 2 aromatic heterocycles. The number of rotatable bonds is 3. The van der Waals surface area contributed by atoms with Gasteiger partial charge in [-0.2, -0.15) is 0 Å². The molecule has 0 bridgehead atoms. The Morgan fingerprint density at radius 3 is 2.57 bits per heavy atom. The molecule has 0 spiro atoms.